The zero-order valence-electron chi connectivity index (χ0n) is 20.4. The van der Waals surface area contributed by atoms with Crippen LogP contribution < -0.4 is 21.8 Å². The molecule has 2 aromatic heterocycles. The summed E-state index contributed by atoms with van der Waals surface area (Å²) in [5.74, 6) is -0.239. The van der Waals surface area contributed by atoms with E-state index in [1.165, 1.54) is 18.2 Å². The smallest absolute Gasteiger partial charge is 0.272 e. The molecule has 1 aromatic carbocycles. The Hall–Kier alpha value is -3.30. The van der Waals surface area contributed by atoms with Gasteiger partial charge in [0, 0.05) is 31.9 Å². The predicted molar refractivity (Wildman–Crippen MR) is 133 cm³/mol. The lowest BCUT2D eigenvalue weighted by Gasteiger charge is -2.31. The van der Waals surface area contributed by atoms with Crippen molar-refractivity contribution in [3.05, 3.63) is 84.8 Å². The number of nitrogens with one attached hydrogen (secondary N) is 2. The number of aromatic amines is 2. The van der Waals surface area contributed by atoms with E-state index in [0.29, 0.717) is 11.3 Å². The zero-order chi connectivity index (χ0) is 24.9. The van der Waals surface area contributed by atoms with Gasteiger partial charge in [-0.05, 0) is 49.1 Å². The van der Waals surface area contributed by atoms with Gasteiger partial charge in [0.15, 0.2) is 0 Å². The van der Waals surface area contributed by atoms with E-state index in [9.17, 15) is 14.0 Å². The fourth-order valence-electron chi connectivity index (χ4n) is 4.48. The number of hydrogen-bond donors (Lipinski definition) is 2. The third-order valence-electron chi connectivity index (χ3n) is 6.08. The summed E-state index contributed by atoms with van der Waals surface area (Å²) in [7, 11) is 0. The summed E-state index contributed by atoms with van der Waals surface area (Å²) >= 11 is 0. The van der Waals surface area contributed by atoms with Gasteiger partial charge in [0.25, 0.3) is 11.1 Å². The van der Waals surface area contributed by atoms with Crippen molar-refractivity contribution in [1.82, 2.24) is 24.4 Å². The lowest BCUT2D eigenvalue weighted by atomic mass is 10.1. The van der Waals surface area contributed by atoms with Crippen LogP contribution >= 0.6 is 0 Å². The van der Waals surface area contributed by atoms with Gasteiger partial charge in [-0.2, -0.15) is 0 Å². The molecule has 0 bridgehead atoms. The average molecular weight is 482 g/mol. The summed E-state index contributed by atoms with van der Waals surface area (Å²) < 4.78 is 21.2. The van der Waals surface area contributed by atoms with E-state index in [1.54, 1.807) is 24.5 Å². The number of hydrogen-bond acceptors (Lipinski definition) is 5. The normalized spacial score (nSPS) is 18.0. The van der Waals surface area contributed by atoms with Crippen LogP contribution in [0.1, 0.15) is 50.1 Å². The van der Waals surface area contributed by atoms with E-state index in [0.717, 1.165) is 44.9 Å². The Morgan fingerprint density at radius 1 is 1.17 bits per heavy atom. The molecule has 3 heterocycles. The number of halogens is 1. The van der Waals surface area contributed by atoms with Crippen molar-refractivity contribution in [1.29, 1.82) is 0 Å². The predicted octanol–water partition coefficient (Wildman–Crippen LogP) is 1.29. The standard InChI is InChI=1S/C26H32FN5O3/c1-17(2)24-21(28-16-32(24)9-5-8-31-10-11-35-18(3)15-31)14-23-26(34)29-22(25(33)30-23)13-19-6-4-7-20(27)12-19/h4,6-7,12-14,16-18H,5,8-11,15H2,1-3H3,(H,29,34)(H,30,33)/b22-13-,23-14-/t18-/m1/s1. The molecule has 0 aliphatic carbocycles. The van der Waals surface area contributed by atoms with Gasteiger partial charge in [-0.25, -0.2) is 9.37 Å². The van der Waals surface area contributed by atoms with E-state index in [-0.39, 0.29) is 22.7 Å². The maximum absolute atomic E-state index is 13.4. The zero-order valence-corrected chi connectivity index (χ0v) is 20.4. The van der Waals surface area contributed by atoms with Gasteiger partial charge in [-0.15, -0.1) is 0 Å². The summed E-state index contributed by atoms with van der Waals surface area (Å²) in [6, 6.07) is 5.80. The molecular weight excluding hydrogens is 449 g/mol. The van der Waals surface area contributed by atoms with Gasteiger partial charge in [-0.1, -0.05) is 26.0 Å². The molecule has 0 radical (unpaired) electrons. The molecular formula is C26H32FN5O3. The Balaban J connectivity index is 1.58. The number of benzene rings is 1. The summed E-state index contributed by atoms with van der Waals surface area (Å²) in [5, 5.41) is 0.186. The average Bonchev–Trinajstić information content (AvgIpc) is 3.20. The number of rotatable bonds is 7. The van der Waals surface area contributed by atoms with E-state index in [1.807, 2.05) is 0 Å². The lowest BCUT2D eigenvalue weighted by molar-refractivity contribution is -0.0187. The molecule has 4 rings (SSSR count). The Kier molecular flexibility index (Phi) is 7.77. The first-order valence-electron chi connectivity index (χ1n) is 12.0. The van der Waals surface area contributed by atoms with Crippen LogP contribution in [0.15, 0.2) is 40.2 Å². The van der Waals surface area contributed by atoms with Crippen molar-refractivity contribution in [3.63, 3.8) is 0 Å². The number of aromatic nitrogens is 4. The van der Waals surface area contributed by atoms with Crippen molar-refractivity contribution in [2.75, 3.05) is 26.2 Å². The second-order valence-corrected chi connectivity index (χ2v) is 9.28. The van der Waals surface area contributed by atoms with E-state index < -0.39 is 16.9 Å². The summed E-state index contributed by atoms with van der Waals surface area (Å²) in [4.78, 5) is 37.5. The first kappa shape index (κ1) is 24.8. The third kappa shape index (κ3) is 6.23. The Morgan fingerprint density at radius 2 is 1.91 bits per heavy atom. The van der Waals surface area contributed by atoms with Crippen LogP contribution in [0.5, 0.6) is 0 Å². The van der Waals surface area contributed by atoms with Crippen molar-refractivity contribution in [3.8, 4) is 0 Å². The first-order valence-corrected chi connectivity index (χ1v) is 12.0. The largest absolute Gasteiger partial charge is 0.376 e. The Labute approximate surface area is 202 Å². The number of morpholine rings is 1. The SMILES string of the molecule is CC(C)c1c(/C=c2\[nH]c(=O)/c(=C/c3cccc(F)c3)[nH]c2=O)ncn1CCCN1CCO[C@H](C)C1. The maximum atomic E-state index is 13.4. The van der Waals surface area contributed by atoms with E-state index in [4.69, 9.17) is 4.74 Å². The minimum atomic E-state index is -0.467. The number of aryl methyl sites for hydroxylation is 1. The highest BCUT2D eigenvalue weighted by Gasteiger charge is 2.17. The molecule has 8 nitrogen and oxygen atoms in total. The second kappa shape index (κ2) is 11.0. The molecule has 35 heavy (non-hydrogen) atoms. The highest BCUT2D eigenvalue weighted by molar-refractivity contribution is 5.49. The van der Waals surface area contributed by atoms with Crippen molar-refractivity contribution in [2.45, 2.75) is 45.8 Å². The lowest BCUT2D eigenvalue weighted by Crippen LogP contribution is -2.46. The molecule has 0 spiro atoms. The Morgan fingerprint density at radius 3 is 2.60 bits per heavy atom. The monoisotopic (exact) mass is 481 g/mol. The summed E-state index contributed by atoms with van der Waals surface area (Å²) in [5.41, 5.74) is 1.23. The van der Waals surface area contributed by atoms with E-state index >= 15 is 0 Å². The maximum Gasteiger partial charge on any atom is 0.272 e. The fourth-order valence-corrected chi connectivity index (χ4v) is 4.48. The van der Waals surface area contributed by atoms with Crippen LogP contribution in [0.2, 0.25) is 0 Å². The molecule has 0 unspecified atom stereocenters. The number of H-pyrrole nitrogens is 2. The molecule has 1 saturated heterocycles. The van der Waals surface area contributed by atoms with Gasteiger partial charge in [0.1, 0.15) is 16.5 Å². The molecule has 1 atom stereocenters. The van der Waals surface area contributed by atoms with Crippen LogP contribution in [0.25, 0.3) is 12.2 Å². The van der Waals surface area contributed by atoms with Gasteiger partial charge in [-0.3, -0.25) is 14.5 Å². The Bertz CT molecular complexity index is 1410. The first-order chi connectivity index (χ1) is 16.8. The second-order valence-electron chi connectivity index (χ2n) is 9.28. The number of ether oxygens (including phenoxy) is 1. The summed E-state index contributed by atoms with van der Waals surface area (Å²) in [6.45, 7) is 10.7. The minimum Gasteiger partial charge on any atom is -0.376 e. The van der Waals surface area contributed by atoms with Gasteiger partial charge >= 0.3 is 0 Å². The highest BCUT2D eigenvalue weighted by Crippen LogP contribution is 2.20. The van der Waals surface area contributed by atoms with Crippen LogP contribution in [0.3, 0.4) is 0 Å². The summed E-state index contributed by atoms with van der Waals surface area (Å²) in [6.07, 6.45) is 6.09. The molecule has 1 aliphatic rings. The van der Waals surface area contributed by atoms with Crippen molar-refractivity contribution >= 4 is 12.2 Å². The molecule has 1 fully saturated rings. The third-order valence-corrected chi connectivity index (χ3v) is 6.08. The van der Waals surface area contributed by atoms with E-state index in [2.05, 4.69) is 45.2 Å². The van der Waals surface area contributed by atoms with Crippen LogP contribution in [0, 0.1) is 5.82 Å². The number of nitrogens with zero attached hydrogens (tertiary/aromatic N) is 3. The molecule has 9 heteroatoms. The molecule has 186 valence electrons. The van der Waals surface area contributed by atoms with Gasteiger partial charge in [0.2, 0.25) is 0 Å². The molecule has 3 aromatic rings. The highest BCUT2D eigenvalue weighted by atomic mass is 19.1. The molecule has 0 saturated carbocycles. The number of imidazole rings is 1. The topological polar surface area (TPSA) is 96.0 Å². The minimum absolute atomic E-state index is 0.0600. The van der Waals surface area contributed by atoms with Crippen molar-refractivity contribution in [2.24, 2.45) is 0 Å². The molecule has 2 N–H and O–H groups in total. The molecule has 1 aliphatic heterocycles. The van der Waals surface area contributed by atoms with Gasteiger partial charge in [0.05, 0.1) is 24.7 Å². The van der Waals surface area contributed by atoms with Crippen LogP contribution in [0.4, 0.5) is 4.39 Å². The van der Waals surface area contributed by atoms with Crippen LogP contribution in [-0.4, -0.2) is 56.8 Å². The molecule has 0 amide bonds. The fraction of sp³-hybridized carbons (Fsp3) is 0.423. The van der Waals surface area contributed by atoms with Gasteiger partial charge < -0.3 is 19.3 Å². The quantitative estimate of drug-likeness (QED) is 0.530. The van der Waals surface area contributed by atoms with Crippen molar-refractivity contribution < 1.29 is 9.13 Å². The van der Waals surface area contributed by atoms with Crippen LogP contribution in [-0.2, 0) is 11.3 Å².